The zero-order valence-corrected chi connectivity index (χ0v) is 13.2. The standard InChI is InChI=1S/C17H26N2O2/c1-13(2)15(18)16(20)19-11-7-10-17(19,3)21-12-14-8-5-4-6-9-14/h4-6,8-9,13,15H,7,10-12,18H2,1-3H3/t15-,17-/m1/s1. The van der Waals surface area contributed by atoms with Crippen molar-refractivity contribution in [1.29, 1.82) is 0 Å². The summed E-state index contributed by atoms with van der Waals surface area (Å²) in [6.07, 6.45) is 1.82. The molecule has 4 heteroatoms. The maximum Gasteiger partial charge on any atom is 0.241 e. The lowest BCUT2D eigenvalue weighted by atomic mass is 10.0. The minimum Gasteiger partial charge on any atom is -0.351 e. The van der Waals surface area contributed by atoms with Gasteiger partial charge < -0.3 is 15.4 Å². The zero-order valence-electron chi connectivity index (χ0n) is 13.2. The van der Waals surface area contributed by atoms with E-state index in [1.54, 1.807) is 0 Å². The Kier molecular flexibility index (Phi) is 5.01. The molecule has 0 unspecified atom stereocenters. The molecule has 2 atom stereocenters. The molecule has 0 aliphatic carbocycles. The highest BCUT2D eigenvalue weighted by Crippen LogP contribution is 2.32. The smallest absolute Gasteiger partial charge is 0.241 e. The maximum atomic E-state index is 12.5. The Morgan fingerprint density at radius 3 is 2.67 bits per heavy atom. The first-order valence-electron chi connectivity index (χ1n) is 7.69. The fourth-order valence-electron chi connectivity index (χ4n) is 2.71. The van der Waals surface area contributed by atoms with Crippen LogP contribution in [0.4, 0.5) is 0 Å². The van der Waals surface area contributed by atoms with E-state index >= 15 is 0 Å². The third kappa shape index (κ3) is 3.63. The number of carbonyl (C=O) groups excluding carboxylic acids is 1. The molecular formula is C17H26N2O2. The second kappa shape index (κ2) is 6.58. The van der Waals surface area contributed by atoms with Gasteiger partial charge in [-0.1, -0.05) is 44.2 Å². The molecule has 0 saturated carbocycles. The molecule has 0 bridgehead atoms. The van der Waals surface area contributed by atoms with Gasteiger partial charge in [-0.15, -0.1) is 0 Å². The minimum atomic E-state index is -0.542. The Morgan fingerprint density at radius 1 is 1.38 bits per heavy atom. The van der Waals surface area contributed by atoms with Crippen molar-refractivity contribution in [3.63, 3.8) is 0 Å². The number of likely N-dealkylation sites (tertiary alicyclic amines) is 1. The SMILES string of the molecule is CC(C)[C@@H](N)C(=O)N1CCC[C@@]1(C)OCc1ccccc1. The summed E-state index contributed by atoms with van der Waals surface area (Å²) in [4.78, 5) is 14.4. The molecule has 1 fully saturated rings. The van der Waals surface area contributed by atoms with Gasteiger partial charge in [0.25, 0.3) is 0 Å². The topological polar surface area (TPSA) is 55.6 Å². The summed E-state index contributed by atoms with van der Waals surface area (Å²) in [5.74, 6) is 0.134. The van der Waals surface area contributed by atoms with Crippen LogP contribution in [0, 0.1) is 5.92 Å². The number of benzene rings is 1. The first-order valence-corrected chi connectivity index (χ1v) is 7.69. The number of nitrogens with zero attached hydrogens (tertiary/aromatic N) is 1. The predicted molar refractivity (Wildman–Crippen MR) is 83.4 cm³/mol. The van der Waals surface area contributed by atoms with Crippen LogP contribution in [0.2, 0.25) is 0 Å². The zero-order chi connectivity index (χ0) is 15.5. The second-order valence-electron chi connectivity index (χ2n) is 6.31. The molecule has 1 aromatic carbocycles. The average molecular weight is 290 g/mol. The Morgan fingerprint density at radius 2 is 2.05 bits per heavy atom. The van der Waals surface area contributed by atoms with Crippen LogP contribution >= 0.6 is 0 Å². The summed E-state index contributed by atoms with van der Waals surface area (Å²) >= 11 is 0. The van der Waals surface area contributed by atoms with Crippen LogP contribution in [0.15, 0.2) is 30.3 Å². The molecule has 1 amide bonds. The van der Waals surface area contributed by atoms with Gasteiger partial charge in [-0.25, -0.2) is 0 Å². The van der Waals surface area contributed by atoms with E-state index in [1.807, 2.05) is 56.0 Å². The van der Waals surface area contributed by atoms with Gasteiger partial charge in [-0.05, 0) is 31.2 Å². The van der Waals surface area contributed by atoms with E-state index in [2.05, 4.69) is 0 Å². The van der Waals surface area contributed by atoms with Crippen molar-refractivity contribution in [3.05, 3.63) is 35.9 Å². The quantitative estimate of drug-likeness (QED) is 0.906. The summed E-state index contributed by atoms with van der Waals surface area (Å²) < 4.78 is 6.09. The molecule has 1 aromatic rings. The number of amides is 1. The molecule has 4 nitrogen and oxygen atoms in total. The van der Waals surface area contributed by atoms with Crippen LogP contribution in [0.25, 0.3) is 0 Å². The summed E-state index contributed by atoms with van der Waals surface area (Å²) in [7, 11) is 0. The van der Waals surface area contributed by atoms with Crippen LogP contribution < -0.4 is 5.73 Å². The fourth-order valence-corrected chi connectivity index (χ4v) is 2.71. The molecule has 21 heavy (non-hydrogen) atoms. The minimum absolute atomic E-state index is 0.00179. The van der Waals surface area contributed by atoms with Crippen LogP contribution in [0.1, 0.15) is 39.2 Å². The third-order valence-electron chi connectivity index (χ3n) is 4.26. The van der Waals surface area contributed by atoms with Crippen molar-refractivity contribution in [3.8, 4) is 0 Å². The van der Waals surface area contributed by atoms with Crippen molar-refractivity contribution >= 4 is 5.91 Å². The van der Waals surface area contributed by atoms with Crippen molar-refractivity contribution < 1.29 is 9.53 Å². The molecule has 2 rings (SSSR count). The number of nitrogens with two attached hydrogens (primary N) is 1. The monoisotopic (exact) mass is 290 g/mol. The number of carbonyl (C=O) groups is 1. The highest BCUT2D eigenvalue weighted by molar-refractivity contribution is 5.82. The molecule has 1 aliphatic rings. The van der Waals surface area contributed by atoms with E-state index in [9.17, 15) is 4.79 Å². The lowest BCUT2D eigenvalue weighted by Crippen LogP contribution is -2.54. The fraction of sp³-hybridized carbons (Fsp3) is 0.588. The van der Waals surface area contributed by atoms with Gasteiger partial charge in [-0.3, -0.25) is 4.79 Å². The van der Waals surface area contributed by atoms with E-state index in [4.69, 9.17) is 10.5 Å². The van der Waals surface area contributed by atoms with Gasteiger partial charge in [0.2, 0.25) is 5.91 Å². The maximum absolute atomic E-state index is 12.5. The van der Waals surface area contributed by atoms with Crippen molar-refractivity contribution in [2.24, 2.45) is 11.7 Å². The Hall–Kier alpha value is -1.39. The number of hydrogen-bond donors (Lipinski definition) is 1. The molecular weight excluding hydrogens is 264 g/mol. The van der Waals surface area contributed by atoms with Crippen molar-refractivity contribution in [2.75, 3.05) is 6.54 Å². The normalized spacial score (nSPS) is 23.6. The summed E-state index contributed by atoms with van der Waals surface area (Å²) in [5.41, 5.74) is 6.60. The molecule has 116 valence electrons. The van der Waals surface area contributed by atoms with Gasteiger partial charge in [-0.2, -0.15) is 0 Å². The van der Waals surface area contributed by atoms with E-state index < -0.39 is 11.8 Å². The van der Waals surface area contributed by atoms with Crippen LogP contribution in [-0.4, -0.2) is 29.1 Å². The Balaban J connectivity index is 2.04. The van der Waals surface area contributed by atoms with Gasteiger partial charge >= 0.3 is 0 Å². The number of ether oxygens (including phenoxy) is 1. The lowest BCUT2D eigenvalue weighted by Gasteiger charge is -2.37. The van der Waals surface area contributed by atoms with E-state index in [-0.39, 0.29) is 11.8 Å². The van der Waals surface area contributed by atoms with Gasteiger partial charge in [0, 0.05) is 6.54 Å². The van der Waals surface area contributed by atoms with Crippen LogP contribution in [0.3, 0.4) is 0 Å². The van der Waals surface area contributed by atoms with E-state index in [0.717, 1.165) is 24.9 Å². The first kappa shape index (κ1) is 16.0. The molecule has 1 heterocycles. The Labute approximate surface area is 127 Å². The number of rotatable bonds is 5. The highest BCUT2D eigenvalue weighted by atomic mass is 16.5. The molecule has 0 spiro atoms. The van der Waals surface area contributed by atoms with Crippen LogP contribution in [0.5, 0.6) is 0 Å². The van der Waals surface area contributed by atoms with Gasteiger partial charge in [0.15, 0.2) is 0 Å². The van der Waals surface area contributed by atoms with Crippen molar-refractivity contribution in [2.45, 2.75) is 52.0 Å². The molecule has 0 aromatic heterocycles. The summed E-state index contributed by atoms with van der Waals surface area (Å²) in [6, 6.07) is 9.58. The van der Waals surface area contributed by atoms with Crippen LogP contribution in [-0.2, 0) is 16.1 Å². The highest BCUT2D eigenvalue weighted by Gasteiger charge is 2.42. The molecule has 1 saturated heterocycles. The average Bonchev–Trinajstić information content (AvgIpc) is 2.87. The molecule has 0 radical (unpaired) electrons. The number of hydrogen-bond acceptors (Lipinski definition) is 3. The predicted octanol–water partition coefficient (Wildman–Crippen LogP) is 2.53. The Bertz CT molecular complexity index is 475. The summed E-state index contributed by atoms with van der Waals surface area (Å²) in [5, 5.41) is 0. The van der Waals surface area contributed by atoms with Gasteiger partial charge in [0.05, 0.1) is 12.6 Å². The molecule has 1 aliphatic heterocycles. The molecule has 2 N–H and O–H groups in total. The second-order valence-corrected chi connectivity index (χ2v) is 6.31. The van der Waals surface area contributed by atoms with Gasteiger partial charge in [0.1, 0.15) is 5.72 Å². The van der Waals surface area contributed by atoms with Crippen molar-refractivity contribution in [1.82, 2.24) is 4.90 Å². The van der Waals surface area contributed by atoms with E-state index in [1.165, 1.54) is 0 Å². The first-order chi connectivity index (χ1) is 9.94. The lowest BCUT2D eigenvalue weighted by molar-refractivity contribution is -0.166. The largest absolute Gasteiger partial charge is 0.351 e. The van der Waals surface area contributed by atoms with E-state index in [0.29, 0.717) is 6.61 Å². The third-order valence-corrected chi connectivity index (χ3v) is 4.26. The summed E-state index contributed by atoms with van der Waals surface area (Å²) in [6.45, 7) is 7.18.